The van der Waals surface area contributed by atoms with Gasteiger partial charge in [0.2, 0.25) is 0 Å². The van der Waals surface area contributed by atoms with Gasteiger partial charge in [-0.1, -0.05) is 31.2 Å². The minimum atomic E-state index is -3.82. The van der Waals surface area contributed by atoms with Gasteiger partial charge in [0.25, 0.3) is 10.0 Å². The lowest BCUT2D eigenvalue weighted by atomic mass is 10.1. The average molecular weight is 347 g/mol. The normalized spacial score (nSPS) is 11.2. The van der Waals surface area contributed by atoms with E-state index in [4.69, 9.17) is 0 Å². The maximum Gasteiger partial charge on any atom is 0.337 e. The number of esters is 1. The van der Waals surface area contributed by atoms with Gasteiger partial charge in [-0.3, -0.25) is 4.72 Å². The highest BCUT2D eigenvalue weighted by atomic mass is 32.2. The van der Waals surface area contributed by atoms with E-state index in [0.29, 0.717) is 17.7 Å². The second kappa shape index (κ2) is 7.05. The molecule has 0 aliphatic heterocycles. The van der Waals surface area contributed by atoms with Gasteiger partial charge in [-0.25, -0.2) is 13.2 Å². The number of anilines is 1. The van der Waals surface area contributed by atoms with Crippen molar-refractivity contribution in [2.75, 3.05) is 11.8 Å². The molecule has 2 aromatic rings. The van der Waals surface area contributed by atoms with Crippen molar-refractivity contribution in [3.63, 3.8) is 0 Å². The van der Waals surface area contributed by atoms with Crippen LogP contribution in [-0.2, 0) is 21.2 Å². The molecule has 1 N–H and O–H groups in total. The number of carbonyl (C=O) groups is 1. The first kappa shape index (κ1) is 18.0. The van der Waals surface area contributed by atoms with Crippen molar-refractivity contribution in [2.45, 2.75) is 32.1 Å². The second-order valence-electron chi connectivity index (χ2n) is 5.54. The molecule has 0 aliphatic rings. The number of methoxy groups -OCH3 is 1. The first-order valence-corrected chi connectivity index (χ1v) is 9.08. The number of para-hydroxylation sites is 1. The molecule has 2 aromatic carbocycles. The van der Waals surface area contributed by atoms with Crippen LogP contribution < -0.4 is 4.72 Å². The van der Waals surface area contributed by atoms with Crippen molar-refractivity contribution in [2.24, 2.45) is 0 Å². The van der Waals surface area contributed by atoms with E-state index < -0.39 is 16.0 Å². The van der Waals surface area contributed by atoms with Gasteiger partial charge in [-0.2, -0.15) is 0 Å². The third-order valence-electron chi connectivity index (χ3n) is 3.88. The van der Waals surface area contributed by atoms with E-state index in [9.17, 15) is 13.2 Å². The van der Waals surface area contributed by atoms with Gasteiger partial charge in [0.05, 0.1) is 23.3 Å². The Hall–Kier alpha value is -2.34. The fourth-order valence-electron chi connectivity index (χ4n) is 2.49. The molecule has 0 fully saturated rings. The highest BCUT2D eigenvalue weighted by molar-refractivity contribution is 7.92. The molecule has 0 radical (unpaired) electrons. The van der Waals surface area contributed by atoms with Gasteiger partial charge >= 0.3 is 5.97 Å². The summed E-state index contributed by atoms with van der Waals surface area (Å²) < 4.78 is 33.0. The van der Waals surface area contributed by atoms with Crippen molar-refractivity contribution in [1.29, 1.82) is 0 Å². The smallest absolute Gasteiger partial charge is 0.337 e. The molecule has 0 heterocycles. The number of nitrogens with one attached hydrogen (secondary N) is 1. The summed E-state index contributed by atoms with van der Waals surface area (Å²) in [5.74, 6) is -0.573. The van der Waals surface area contributed by atoms with Crippen LogP contribution in [0.5, 0.6) is 0 Å². The van der Waals surface area contributed by atoms with Crippen LogP contribution in [0.2, 0.25) is 0 Å². The molecule has 128 valence electrons. The Morgan fingerprint density at radius 1 is 1.12 bits per heavy atom. The number of carbonyl (C=O) groups excluding carboxylic acids is 1. The maximum atomic E-state index is 12.8. The van der Waals surface area contributed by atoms with E-state index in [2.05, 4.69) is 9.46 Å². The number of sulfonamides is 1. The predicted octanol–water partition coefficient (Wildman–Crippen LogP) is 3.45. The average Bonchev–Trinajstić information content (AvgIpc) is 2.56. The van der Waals surface area contributed by atoms with Crippen LogP contribution in [0.3, 0.4) is 0 Å². The lowest BCUT2D eigenvalue weighted by Gasteiger charge is -2.16. The predicted molar refractivity (Wildman–Crippen MR) is 93.9 cm³/mol. The van der Waals surface area contributed by atoms with E-state index in [0.717, 1.165) is 11.1 Å². The highest BCUT2D eigenvalue weighted by Gasteiger charge is 2.21. The molecule has 0 atom stereocenters. The van der Waals surface area contributed by atoms with Crippen LogP contribution in [0.25, 0.3) is 0 Å². The minimum Gasteiger partial charge on any atom is -0.465 e. The summed E-state index contributed by atoms with van der Waals surface area (Å²) in [6.45, 7) is 5.51. The number of hydrogen-bond acceptors (Lipinski definition) is 4. The van der Waals surface area contributed by atoms with Crippen molar-refractivity contribution < 1.29 is 17.9 Å². The van der Waals surface area contributed by atoms with E-state index in [1.54, 1.807) is 19.1 Å². The molecular weight excluding hydrogens is 326 g/mol. The van der Waals surface area contributed by atoms with Gasteiger partial charge in [0.1, 0.15) is 0 Å². The molecule has 0 aromatic heterocycles. The fraction of sp³-hybridized carbons (Fsp3) is 0.278. The standard InChI is InChI=1S/C18H21NO4S/c1-5-14-8-6-7-13(3)17(14)19-24(21,22)16-11-15(18(20)23-4)10-9-12(16)2/h6-11,19H,5H2,1-4H3. The Morgan fingerprint density at radius 3 is 2.46 bits per heavy atom. The highest BCUT2D eigenvalue weighted by Crippen LogP contribution is 2.26. The van der Waals surface area contributed by atoms with Gasteiger partial charge in [0.15, 0.2) is 0 Å². The van der Waals surface area contributed by atoms with Gasteiger partial charge in [-0.15, -0.1) is 0 Å². The summed E-state index contributed by atoms with van der Waals surface area (Å²) >= 11 is 0. The van der Waals surface area contributed by atoms with Crippen LogP contribution in [0, 0.1) is 13.8 Å². The third kappa shape index (κ3) is 3.59. The zero-order valence-corrected chi connectivity index (χ0v) is 15.0. The molecule has 0 saturated carbocycles. The largest absolute Gasteiger partial charge is 0.465 e. The quantitative estimate of drug-likeness (QED) is 0.841. The number of hydrogen-bond donors (Lipinski definition) is 1. The van der Waals surface area contributed by atoms with Crippen LogP contribution in [0.4, 0.5) is 5.69 Å². The van der Waals surface area contributed by atoms with E-state index in [-0.39, 0.29) is 10.5 Å². The lowest BCUT2D eigenvalue weighted by Crippen LogP contribution is -2.17. The first-order chi connectivity index (χ1) is 11.3. The van der Waals surface area contributed by atoms with Gasteiger partial charge < -0.3 is 4.74 Å². The van der Waals surface area contributed by atoms with E-state index in [1.165, 1.54) is 13.2 Å². The number of aryl methyl sites for hydroxylation is 3. The van der Waals surface area contributed by atoms with Crippen LogP contribution in [0.15, 0.2) is 41.3 Å². The summed E-state index contributed by atoms with van der Waals surface area (Å²) in [6, 6.07) is 10.1. The minimum absolute atomic E-state index is 0.0655. The second-order valence-corrected chi connectivity index (χ2v) is 7.19. The number of rotatable bonds is 5. The van der Waals surface area contributed by atoms with Crippen LogP contribution in [-0.4, -0.2) is 21.5 Å². The molecular formula is C18H21NO4S. The Kier molecular flexibility index (Phi) is 5.29. The number of benzene rings is 2. The molecule has 24 heavy (non-hydrogen) atoms. The molecule has 2 rings (SSSR count). The van der Waals surface area contributed by atoms with Crippen molar-refractivity contribution in [1.82, 2.24) is 0 Å². The summed E-state index contributed by atoms with van der Waals surface area (Å²) in [7, 11) is -2.56. The topological polar surface area (TPSA) is 72.5 Å². The number of ether oxygens (including phenoxy) is 1. The third-order valence-corrected chi connectivity index (χ3v) is 5.37. The SMILES string of the molecule is CCc1cccc(C)c1NS(=O)(=O)c1cc(C(=O)OC)ccc1C. The fourth-order valence-corrected chi connectivity index (χ4v) is 3.94. The molecule has 0 spiro atoms. The molecule has 0 aliphatic carbocycles. The van der Waals surface area contributed by atoms with Crippen molar-refractivity contribution >= 4 is 21.7 Å². The summed E-state index contributed by atoms with van der Waals surface area (Å²) in [5, 5.41) is 0. The van der Waals surface area contributed by atoms with Crippen LogP contribution >= 0.6 is 0 Å². The molecule has 0 amide bonds. The maximum absolute atomic E-state index is 12.8. The molecule has 0 saturated heterocycles. The summed E-state index contributed by atoms with van der Waals surface area (Å²) in [5.41, 5.74) is 3.11. The zero-order valence-electron chi connectivity index (χ0n) is 14.2. The summed E-state index contributed by atoms with van der Waals surface area (Å²) in [4.78, 5) is 11.7. The first-order valence-electron chi connectivity index (χ1n) is 7.60. The molecule has 0 unspecified atom stereocenters. The molecule has 0 bridgehead atoms. The van der Waals surface area contributed by atoms with E-state index >= 15 is 0 Å². The lowest BCUT2D eigenvalue weighted by molar-refractivity contribution is 0.0600. The van der Waals surface area contributed by atoms with E-state index in [1.807, 2.05) is 32.0 Å². The van der Waals surface area contributed by atoms with Crippen molar-refractivity contribution in [3.05, 3.63) is 58.7 Å². The van der Waals surface area contributed by atoms with Gasteiger partial charge in [0, 0.05) is 0 Å². The monoisotopic (exact) mass is 347 g/mol. The Morgan fingerprint density at radius 2 is 1.83 bits per heavy atom. The molecule has 5 nitrogen and oxygen atoms in total. The Balaban J connectivity index is 2.51. The molecule has 6 heteroatoms. The van der Waals surface area contributed by atoms with Crippen molar-refractivity contribution in [3.8, 4) is 0 Å². The van der Waals surface area contributed by atoms with Gasteiger partial charge in [-0.05, 0) is 49.1 Å². The summed E-state index contributed by atoms with van der Waals surface area (Å²) in [6.07, 6.45) is 0.709. The zero-order chi connectivity index (χ0) is 17.9. The Labute approximate surface area is 142 Å². The Bertz CT molecular complexity index is 873. The van der Waals surface area contributed by atoms with Crippen LogP contribution in [0.1, 0.15) is 34.0 Å².